The molecular weight excluding hydrogens is 344 g/mol. The molecule has 7 nitrogen and oxygen atoms in total. The third-order valence-electron chi connectivity index (χ3n) is 3.84. The SMILES string of the molecule is COc1ccc(NC(=O)c2ccc(Nc3cccc(C)c3)nn2)c(OC)c1. The Hall–Kier alpha value is -3.61. The van der Waals surface area contributed by atoms with Crippen LogP contribution in [-0.2, 0) is 0 Å². The molecule has 1 amide bonds. The van der Waals surface area contributed by atoms with Crippen LogP contribution in [0.1, 0.15) is 16.1 Å². The molecule has 2 aromatic carbocycles. The van der Waals surface area contributed by atoms with E-state index in [4.69, 9.17) is 9.47 Å². The predicted octanol–water partition coefficient (Wildman–Crippen LogP) is 3.80. The molecule has 0 saturated carbocycles. The van der Waals surface area contributed by atoms with Gasteiger partial charge in [-0.3, -0.25) is 4.79 Å². The summed E-state index contributed by atoms with van der Waals surface area (Å²) in [5.74, 6) is 1.30. The van der Waals surface area contributed by atoms with Crippen molar-refractivity contribution in [2.24, 2.45) is 0 Å². The van der Waals surface area contributed by atoms with E-state index in [2.05, 4.69) is 20.8 Å². The lowest BCUT2D eigenvalue weighted by Gasteiger charge is -2.11. The fourth-order valence-electron chi connectivity index (χ4n) is 2.48. The first-order valence-electron chi connectivity index (χ1n) is 8.30. The molecule has 0 spiro atoms. The fraction of sp³-hybridized carbons (Fsp3) is 0.150. The highest BCUT2D eigenvalue weighted by atomic mass is 16.5. The highest BCUT2D eigenvalue weighted by Crippen LogP contribution is 2.29. The summed E-state index contributed by atoms with van der Waals surface area (Å²) >= 11 is 0. The van der Waals surface area contributed by atoms with Crippen LogP contribution in [0.15, 0.2) is 54.6 Å². The summed E-state index contributed by atoms with van der Waals surface area (Å²) in [6.07, 6.45) is 0. The van der Waals surface area contributed by atoms with E-state index in [0.717, 1.165) is 11.3 Å². The minimum Gasteiger partial charge on any atom is -0.497 e. The Labute approximate surface area is 157 Å². The van der Waals surface area contributed by atoms with Gasteiger partial charge in [0.15, 0.2) is 11.5 Å². The number of carbonyl (C=O) groups excluding carboxylic acids is 1. The van der Waals surface area contributed by atoms with Gasteiger partial charge in [0.05, 0.1) is 19.9 Å². The molecule has 0 unspecified atom stereocenters. The number of ether oxygens (including phenoxy) is 2. The van der Waals surface area contributed by atoms with Gasteiger partial charge in [-0.1, -0.05) is 12.1 Å². The third-order valence-corrected chi connectivity index (χ3v) is 3.84. The Bertz CT molecular complexity index is 942. The molecule has 7 heteroatoms. The number of nitrogens with one attached hydrogen (secondary N) is 2. The standard InChI is InChI=1S/C20H20N4O3/c1-13-5-4-6-14(11-13)21-19-10-9-17(23-24-19)20(25)22-16-8-7-15(26-2)12-18(16)27-3/h4-12H,1-3H3,(H,21,24)(H,22,25). The molecule has 2 N–H and O–H groups in total. The van der Waals surface area contributed by atoms with Crippen molar-refractivity contribution >= 4 is 23.1 Å². The highest BCUT2D eigenvalue weighted by Gasteiger charge is 2.12. The highest BCUT2D eigenvalue weighted by molar-refractivity contribution is 6.03. The van der Waals surface area contributed by atoms with E-state index in [1.54, 1.807) is 37.4 Å². The first-order valence-corrected chi connectivity index (χ1v) is 8.30. The zero-order chi connectivity index (χ0) is 19.2. The molecule has 0 aliphatic carbocycles. The number of anilines is 3. The molecule has 3 aromatic rings. The van der Waals surface area contributed by atoms with Crippen LogP contribution in [0.25, 0.3) is 0 Å². The van der Waals surface area contributed by atoms with Crippen molar-refractivity contribution in [1.82, 2.24) is 10.2 Å². The molecule has 0 bridgehead atoms. The van der Waals surface area contributed by atoms with E-state index in [1.165, 1.54) is 7.11 Å². The van der Waals surface area contributed by atoms with Crippen LogP contribution in [-0.4, -0.2) is 30.3 Å². The van der Waals surface area contributed by atoms with Gasteiger partial charge in [-0.05, 0) is 48.9 Å². The molecule has 0 radical (unpaired) electrons. The fourth-order valence-corrected chi connectivity index (χ4v) is 2.48. The van der Waals surface area contributed by atoms with Crippen LogP contribution in [0.5, 0.6) is 11.5 Å². The Morgan fingerprint density at radius 1 is 0.963 bits per heavy atom. The third kappa shape index (κ3) is 4.52. The Morgan fingerprint density at radius 2 is 1.81 bits per heavy atom. The van der Waals surface area contributed by atoms with Gasteiger partial charge in [0.1, 0.15) is 11.5 Å². The average Bonchev–Trinajstić information content (AvgIpc) is 2.69. The quantitative estimate of drug-likeness (QED) is 0.692. The molecular formula is C20H20N4O3. The maximum atomic E-state index is 12.4. The normalized spacial score (nSPS) is 10.2. The first-order chi connectivity index (χ1) is 13.1. The molecule has 3 rings (SSSR count). The monoisotopic (exact) mass is 364 g/mol. The number of amides is 1. The summed E-state index contributed by atoms with van der Waals surface area (Å²) in [7, 11) is 3.09. The number of hydrogen-bond donors (Lipinski definition) is 2. The van der Waals surface area contributed by atoms with Crippen LogP contribution in [0.3, 0.4) is 0 Å². The number of aryl methyl sites for hydroxylation is 1. The summed E-state index contributed by atoms with van der Waals surface area (Å²) in [4.78, 5) is 12.4. The van der Waals surface area contributed by atoms with Crippen molar-refractivity contribution in [3.63, 3.8) is 0 Å². The van der Waals surface area contributed by atoms with E-state index in [1.807, 2.05) is 31.2 Å². The Balaban J connectivity index is 1.71. The van der Waals surface area contributed by atoms with Gasteiger partial charge in [0.25, 0.3) is 5.91 Å². The number of hydrogen-bond acceptors (Lipinski definition) is 6. The van der Waals surface area contributed by atoms with Crippen molar-refractivity contribution < 1.29 is 14.3 Å². The van der Waals surface area contributed by atoms with Crippen molar-refractivity contribution in [2.45, 2.75) is 6.92 Å². The summed E-state index contributed by atoms with van der Waals surface area (Å²) in [5, 5.41) is 14.0. The predicted molar refractivity (Wildman–Crippen MR) is 104 cm³/mol. The molecule has 1 aromatic heterocycles. The van der Waals surface area contributed by atoms with Crippen LogP contribution < -0.4 is 20.1 Å². The van der Waals surface area contributed by atoms with Gasteiger partial charge in [-0.15, -0.1) is 10.2 Å². The van der Waals surface area contributed by atoms with Crippen LogP contribution in [0, 0.1) is 6.92 Å². The smallest absolute Gasteiger partial charge is 0.276 e. The topological polar surface area (TPSA) is 85.4 Å². The van der Waals surface area contributed by atoms with Crippen molar-refractivity contribution in [3.8, 4) is 11.5 Å². The van der Waals surface area contributed by atoms with E-state index in [0.29, 0.717) is 23.0 Å². The summed E-state index contributed by atoms with van der Waals surface area (Å²) in [5.41, 5.74) is 2.76. The number of aromatic nitrogens is 2. The van der Waals surface area contributed by atoms with Crippen molar-refractivity contribution in [3.05, 3.63) is 65.9 Å². The second-order valence-electron chi connectivity index (χ2n) is 5.82. The minimum absolute atomic E-state index is 0.197. The number of methoxy groups -OCH3 is 2. The largest absolute Gasteiger partial charge is 0.497 e. The number of nitrogens with zero attached hydrogens (tertiary/aromatic N) is 2. The molecule has 0 aliphatic rings. The lowest BCUT2D eigenvalue weighted by atomic mass is 10.2. The summed E-state index contributed by atoms with van der Waals surface area (Å²) in [6, 6.07) is 16.3. The molecule has 0 fully saturated rings. The molecule has 0 aliphatic heterocycles. The van der Waals surface area contributed by atoms with Gasteiger partial charge in [-0.2, -0.15) is 0 Å². The van der Waals surface area contributed by atoms with E-state index < -0.39 is 0 Å². The van der Waals surface area contributed by atoms with Gasteiger partial charge in [0, 0.05) is 11.8 Å². The zero-order valence-corrected chi connectivity index (χ0v) is 15.3. The molecule has 0 saturated heterocycles. The summed E-state index contributed by atoms with van der Waals surface area (Å²) in [6.45, 7) is 2.01. The van der Waals surface area contributed by atoms with Crippen molar-refractivity contribution in [2.75, 3.05) is 24.9 Å². The lowest BCUT2D eigenvalue weighted by Crippen LogP contribution is -2.15. The zero-order valence-electron chi connectivity index (χ0n) is 15.3. The van der Waals surface area contributed by atoms with E-state index in [-0.39, 0.29) is 11.6 Å². The van der Waals surface area contributed by atoms with Gasteiger partial charge < -0.3 is 20.1 Å². The molecule has 1 heterocycles. The second kappa shape index (κ2) is 8.18. The lowest BCUT2D eigenvalue weighted by molar-refractivity contribution is 0.102. The van der Waals surface area contributed by atoms with Crippen LogP contribution in [0.2, 0.25) is 0 Å². The maximum absolute atomic E-state index is 12.4. The maximum Gasteiger partial charge on any atom is 0.276 e. The van der Waals surface area contributed by atoms with Crippen LogP contribution in [0.4, 0.5) is 17.2 Å². The Kier molecular flexibility index (Phi) is 5.51. The van der Waals surface area contributed by atoms with E-state index in [9.17, 15) is 4.79 Å². The minimum atomic E-state index is -0.381. The molecule has 138 valence electrons. The van der Waals surface area contributed by atoms with E-state index >= 15 is 0 Å². The molecule has 0 atom stereocenters. The average molecular weight is 364 g/mol. The molecule has 27 heavy (non-hydrogen) atoms. The number of rotatable bonds is 6. The second-order valence-corrected chi connectivity index (χ2v) is 5.82. The van der Waals surface area contributed by atoms with Gasteiger partial charge >= 0.3 is 0 Å². The van der Waals surface area contributed by atoms with Crippen LogP contribution >= 0.6 is 0 Å². The number of benzene rings is 2. The first kappa shape index (κ1) is 18.2. The van der Waals surface area contributed by atoms with Gasteiger partial charge in [-0.25, -0.2) is 0 Å². The van der Waals surface area contributed by atoms with Crippen molar-refractivity contribution in [1.29, 1.82) is 0 Å². The van der Waals surface area contributed by atoms with Gasteiger partial charge in [0.2, 0.25) is 0 Å². The Morgan fingerprint density at radius 3 is 2.48 bits per heavy atom. The number of carbonyl (C=O) groups is 1. The summed E-state index contributed by atoms with van der Waals surface area (Å²) < 4.78 is 10.4.